The molecule has 3 aliphatic rings. The van der Waals surface area contributed by atoms with E-state index in [2.05, 4.69) is 15.8 Å². The van der Waals surface area contributed by atoms with Crippen LogP contribution in [0.2, 0.25) is 5.02 Å². The van der Waals surface area contributed by atoms with Gasteiger partial charge in [0.05, 0.1) is 10.7 Å². The molecule has 4 atom stereocenters. The van der Waals surface area contributed by atoms with E-state index in [1.807, 2.05) is 29.2 Å². The van der Waals surface area contributed by atoms with Gasteiger partial charge in [0.25, 0.3) is 0 Å². The molecule has 0 bridgehead atoms. The Morgan fingerprint density at radius 1 is 1.15 bits per heavy atom. The summed E-state index contributed by atoms with van der Waals surface area (Å²) in [5.74, 6) is 0.0149. The number of hydrogen-bond acceptors (Lipinski definition) is 6. The predicted octanol–water partition coefficient (Wildman–Crippen LogP) is 1.28. The van der Waals surface area contributed by atoms with Gasteiger partial charge in [-0.1, -0.05) is 23.7 Å². The molecule has 1 amide bonds. The van der Waals surface area contributed by atoms with E-state index in [1.165, 1.54) is 0 Å². The first kappa shape index (κ1) is 18.5. The molecule has 2 heterocycles. The summed E-state index contributed by atoms with van der Waals surface area (Å²) >= 11 is 6.28. The number of anilines is 1. The van der Waals surface area contributed by atoms with Gasteiger partial charge in [0.1, 0.15) is 6.04 Å². The molecule has 27 heavy (non-hydrogen) atoms. The van der Waals surface area contributed by atoms with Crippen LogP contribution in [0.15, 0.2) is 24.3 Å². The van der Waals surface area contributed by atoms with Gasteiger partial charge in [-0.25, -0.2) is 5.43 Å². The zero-order valence-electron chi connectivity index (χ0n) is 15.0. The molecule has 4 rings (SSSR count). The van der Waals surface area contributed by atoms with Crippen LogP contribution in [0.25, 0.3) is 0 Å². The highest BCUT2D eigenvalue weighted by atomic mass is 35.5. The van der Waals surface area contributed by atoms with Crippen molar-refractivity contribution in [2.75, 3.05) is 31.1 Å². The van der Waals surface area contributed by atoms with Gasteiger partial charge < -0.3 is 9.80 Å². The highest BCUT2D eigenvalue weighted by Crippen LogP contribution is 2.33. The molecule has 1 saturated carbocycles. The van der Waals surface area contributed by atoms with Crippen molar-refractivity contribution < 1.29 is 9.72 Å². The number of piperazine rings is 1. The topological polar surface area (TPSA) is 90.7 Å². The molecule has 1 aromatic carbocycles. The fraction of sp³-hybridized carbons (Fsp3) is 0.611. The second kappa shape index (κ2) is 7.61. The van der Waals surface area contributed by atoms with Crippen LogP contribution in [0.4, 0.5) is 5.69 Å². The molecule has 9 heteroatoms. The Hall–Kier alpha value is -1.90. The highest BCUT2D eigenvalue weighted by Gasteiger charge is 2.47. The van der Waals surface area contributed by atoms with E-state index in [1.54, 1.807) is 0 Å². The number of nitrogens with zero attached hydrogens (tertiary/aromatic N) is 3. The lowest BCUT2D eigenvalue weighted by Gasteiger charge is -2.38. The van der Waals surface area contributed by atoms with Crippen molar-refractivity contribution in [1.82, 2.24) is 15.8 Å². The number of hydrogen-bond donors (Lipinski definition) is 2. The summed E-state index contributed by atoms with van der Waals surface area (Å²) in [5.41, 5.74) is 7.28. The van der Waals surface area contributed by atoms with Crippen molar-refractivity contribution in [3.05, 3.63) is 39.4 Å². The maximum absolute atomic E-state index is 13.1. The molecule has 0 spiro atoms. The summed E-state index contributed by atoms with van der Waals surface area (Å²) < 4.78 is 0. The van der Waals surface area contributed by atoms with Gasteiger partial charge in [-0.15, -0.1) is 0 Å². The number of carbonyl (C=O) groups is 1. The zero-order chi connectivity index (χ0) is 19.0. The first-order chi connectivity index (χ1) is 13.0. The monoisotopic (exact) mass is 393 g/mol. The highest BCUT2D eigenvalue weighted by molar-refractivity contribution is 6.33. The Bertz CT molecular complexity index is 725. The molecule has 4 unspecified atom stereocenters. The largest absolute Gasteiger partial charge is 0.367 e. The molecule has 2 aliphatic heterocycles. The second-order valence-corrected chi connectivity index (χ2v) is 7.96. The molecular formula is C18H24ClN5O3. The van der Waals surface area contributed by atoms with Crippen molar-refractivity contribution >= 4 is 23.2 Å². The Kier molecular flexibility index (Phi) is 5.21. The van der Waals surface area contributed by atoms with E-state index < -0.39 is 6.04 Å². The number of fused-ring (bicyclic) bond motifs is 1. The lowest BCUT2D eigenvalue weighted by molar-refractivity contribution is -0.528. The van der Waals surface area contributed by atoms with E-state index in [9.17, 15) is 14.9 Å². The third kappa shape index (κ3) is 3.61. The zero-order valence-corrected chi connectivity index (χ0v) is 15.8. The van der Waals surface area contributed by atoms with Gasteiger partial charge in [0, 0.05) is 55.9 Å². The summed E-state index contributed by atoms with van der Waals surface area (Å²) in [4.78, 5) is 28.1. The van der Waals surface area contributed by atoms with E-state index in [-0.39, 0.29) is 28.8 Å². The lowest BCUT2D eigenvalue weighted by Crippen LogP contribution is -2.55. The van der Waals surface area contributed by atoms with E-state index >= 15 is 0 Å². The van der Waals surface area contributed by atoms with E-state index in [4.69, 9.17) is 11.6 Å². The van der Waals surface area contributed by atoms with Crippen molar-refractivity contribution in [3.8, 4) is 0 Å². The maximum atomic E-state index is 13.1. The maximum Gasteiger partial charge on any atom is 0.241 e. The minimum Gasteiger partial charge on any atom is -0.367 e. The van der Waals surface area contributed by atoms with Crippen LogP contribution < -0.4 is 15.8 Å². The standard InChI is InChI=1S/C18H24ClN5O3/c19-14-3-1-2-4-16(14)22-7-9-23(10-8-22)18(25)17-13-11-12(24(26)27)5-6-15(13)20-21-17/h1-4,12-13,15,17,20-21H,5-11H2. The normalized spacial score (nSPS) is 30.9. The average molecular weight is 394 g/mol. The third-order valence-electron chi connectivity index (χ3n) is 6.07. The SMILES string of the molecule is O=C(C1NNC2CCC([N+](=O)[O-])CC21)N1CCN(c2ccccc2Cl)CC1. The average Bonchev–Trinajstić information content (AvgIpc) is 3.11. The molecule has 8 nitrogen and oxygen atoms in total. The number of rotatable bonds is 3. The number of hydrazine groups is 1. The quantitative estimate of drug-likeness (QED) is 0.594. The van der Waals surface area contributed by atoms with Crippen LogP contribution in [0.1, 0.15) is 19.3 Å². The summed E-state index contributed by atoms with van der Waals surface area (Å²) in [7, 11) is 0. The fourth-order valence-electron chi connectivity index (χ4n) is 4.54. The predicted molar refractivity (Wildman–Crippen MR) is 102 cm³/mol. The smallest absolute Gasteiger partial charge is 0.241 e. The van der Waals surface area contributed by atoms with Gasteiger partial charge >= 0.3 is 0 Å². The third-order valence-corrected chi connectivity index (χ3v) is 6.39. The Morgan fingerprint density at radius 2 is 1.89 bits per heavy atom. The summed E-state index contributed by atoms with van der Waals surface area (Å²) in [6, 6.07) is 6.94. The van der Waals surface area contributed by atoms with Crippen LogP contribution >= 0.6 is 11.6 Å². The van der Waals surface area contributed by atoms with Crippen LogP contribution in [0.5, 0.6) is 0 Å². The van der Waals surface area contributed by atoms with E-state index in [0.29, 0.717) is 25.9 Å². The Balaban J connectivity index is 1.38. The van der Waals surface area contributed by atoms with Gasteiger partial charge in [-0.2, -0.15) is 0 Å². The molecule has 0 aromatic heterocycles. The van der Waals surface area contributed by atoms with E-state index in [0.717, 1.165) is 30.2 Å². The number of carbonyl (C=O) groups excluding carboxylic acids is 1. The van der Waals surface area contributed by atoms with Crippen molar-refractivity contribution in [1.29, 1.82) is 0 Å². The molecular weight excluding hydrogens is 370 g/mol. The van der Waals surface area contributed by atoms with Crippen LogP contribution in [0, 0.1) is 16.0 Å². The number of para-hydroxylation sites is 1. The van der Waals surface area contributed by atoms with Gasteiger partial charge in [0.2, 0.25) is 11.9 Å². The Morgan fingerprint density at radius 3 is 2.59 bits per heavy atom. The number of nitro groups is 1. The first-order valence-corrected chi connectivity index (χ1v) is 9.85. The number of halogens is 1. The molecule has 3 fully saturated rings. The number of amides is 1. The summed E-state index contributed by atoms with van der Waals surface area (Å²) in [5, 5.41) is 11.9. The molecule has 146 valence electrons. The van der Waals surface area contributed by atoms with Gasteiger partial charge in [-0.3, -0.25) is 20.3 Å². The van der Waals surface area contributed by atoms with Crippen molar-refractivity contribution in [2.24, 2.45) is 5.92 Å². The summed E-state index contributed by atoms with van der Waals surface area (Å²) in [6.07, 6.45) is 1.75. The van der Waals surface area contributed by atoms with Crippen LogP contribution in [0.3, 0.4) is 0 Å². The van der Waals surface area contributed by atoms with Gasteiger partial charge in [0.15, 0.2) is 0 Å². The fourth-order valence-corrected chi connectivity index (χ4v) is 4.80. The van der Waals surface area contributed by atoms with Crippen LogP contribution in [-0.2, 0) is 4.79 Å². The number of nitrogens with one attached hydrogen (secondary N) is 2. The minimum absolute atomic E-state index is 0.0248. The second-order valence-electron chi connectivity index (χ2n) is 7.55. The van der Waals surface area contributed by atoms with Crippen LogP contribution in [-0.4, -0.2) is 60.0 Å². The molecule has 2 saturated heterocycles. The molecule has 1 aliphatic carbocycles. The molecule has 2 N–H and O–H groups in total. The minimum atomic E-state index is -0.541. The van der Waals surface area contributed by atoms with Crippen molar-refractivity contribution in [3.63, 3.8) is 0 Å². The number of benzene rings is 1. The molecule has 0 radical (unpaired) electrons. The summed E-state index contributed by atoms with van der Waals surface area (Å²) in [6.45, 7) is 2.69. The Labute approximate surface area is 163 Å². The lowest BCUT2D eigenvalue weighted by atomic mass is 9.79. The molecule has 1 aromatic rings. The van der Waals surface area contributed by atoms with Crippen molar-refractivity contribution in [2.45, 2.75) is 37.4 Å². The first-order valence-electron chi connectivity index (χ1n) is 9.47. The van der Waals surface area contributed by atoms with Gasteiger partial charge in [-0.05, 0) is 18.6 Å².